The van der Waals surface area contributed by atoms with E-state index in [-0.39, 0.29) is 18.3 Å². The van der Waals surface area contributed by atoms with Gasteiger partial charge >= 0.3 is 0 Å². The van der Waals surface area contributed by atoms with Crippen LogP contribution in [-0.2, 0) is 9.59 Å². The molecule has 1 heterocycles. The number of hydrogen-bond donors (Lipinski definition) is 4. The molecule has 0 radical (unpaired) electrons. The highest BCUT2D eigenvalue weighted by Crippen LogP contribution is 2.13. The molecule has 6 heteroatoms. The van der Waals surface area contributed by atoms with Crippen molar-refractivity contribution >= 4 is 17.9 Å². The molecule has 1 rings (SSSR count). The van der Waals surface area contributed by atoms with E-state index in [4.69, 9.17) is 11.1 Å². The van der Waals surface area contributed by atoms with E-state index in [0.717, 1.165) is 0 Å². The quantitative estimate of drug-likeness (QED) is 0.355. The molecule has 0 aliphatic carbocycles. The molecule has 1 amide bonds. The molecule has 0 bridgehead atoms. The van der Waals surface area contributed by atoms with Crippen molar-refractivity contribution in [2.24, 2.45) is 5.73 Å². The Morgan fingerprint density at radius 1 is 1.75 bits per heavy atom. The molecular formula is C10H14N4O2. The second-order valence-corrected chi connectivity index (χ2v) is 3.34. The molecule has 1 atom stereocenters. The fourth-order valence-electron chi connectivity index (χ4n) is 1.43. The predicted octanol–water partition coefficient (Wildman–Crippen LogP) is -0.961. The van der Waals surface area contributed by atoms with E-state index in [1.165, 1.54) is 0 Å². The average molecular weight is 222 g/mol. The van der Waals surface area contributed by atoms with Gasteiger partial charge in [-0.15, -0.1) is 0 Å². The summed E-state index contributed by atoms with van der Waals surface area (Å²) >= 11 is 0. The summed E-state index contributed by atoms with van der Waals surface area (Å²) in [5.74, 6) is -0.792. The molecule has 16 heavy (non-hydrogen) atoms. The van der Waals surface area contributed by atoms with Gasteiger partial charge in [-0.3, -0.25) is 10.2 Å². The summed E-state index contributed by atoms with van der Waals surface area (Å²) in [6.07, 6.45) is 3.94. The highest BCUT2D eigenvalue weighted by molar-refractivity contribution is 6.44. The number of nitrogens with one attached hydrogen (secondary N) is 3. The van der Waals surface area contributed by atoms with Gasteiger partial charge in [-0.25, -0.2) is 0 Å². The van der Waals surface area contributed by atoms with Gasteiger partial charge in [0.2, 0.25) is 0 Å². The van der Waals surface area contributed by atoms with Crippen LogP contribution in [0, 0.1) is 5.41 Å². The highest BCUT2D eigenvalue weighted by Gasteiger charge is 2.20. The number of primary amides is 1. The molecule has 86 valence electrons. The lowest BCUT2D eigenvalue weighted by Crippen LogP contribution is -2.38. The molecule has 0 saturated heterocycles. The van der Waals surface area contributed by atoms with Crippen molar-refractivity contribution in [3.8, 4) is 0 Å². The topological polar surface area (TPSA) is 108 Å². The SMILES string of the molecule is CC1NC=CC(C(=N)C(N)=O)=C1NCC=O. The van der Waals surface area contributed by atoms with Crippen molar-refractivity contribution in [2.75, 3.05) is 6.54 Å². The van der Waals surface area contributed by atoms with Crippen molar-refractivity contribution in [1.29, 1.82) is 5.41 Å². The molecule has 0 aromatic rings. The van der Waals surface area contributed by atoms with Crippen LogP contribution < -0.4 is 16.4 Å². The Labute approximate surface area is 93.1 Å². The van der Waals surface area contributed by atoms with Crippen LogP contribution in [0.3, 0.4) is 0 Å². The maximum atomic E-state index is 10.9. The second kappa shape index (κ2) is 5.11. The molecule has 0 spiro atoms. The van der Waals surface area contributed by atoms with Crippen LogP contribution in [-0.4, -0.2) is 30.5 Å². The summed E-state index contributed by atoms with van der Waals surface area (Å²) in [6.45, 7) is 1.98. The largest absolute Gasteiger partial charge is 0.383 e. The van der Waals surface area contributed by atoms with Gasteiger partial charge in [-0.2, -0.15) is 0 Å². The van der Waals surface area contributed by atoms with E-state index >= 15 is 0 Å². The Morgan fingerprint density at radius 3 is 3.00 bits per heavy atom. The first kappa shape index (κ1) is 12.0. The number of amides is 1. The summed E-state index contributed by atoms with van der Waals surface area (Å²) in [5, 5.41) is 13.4. The molecule has 0 aromatic heterocycles. The number of dihydropyridines is 1. The number of aldehydes is 1. The van der Waals surface area contributed by atoms with E-state index in [2.05, 4.69) is 10.6 Å². The van der Waals surface area contributed by atoms with Crippen molar-refractivity contribution in [1.82, 2.24) is 10.6 Å². The van der Waals surface area contributed by atoms with Crippen LogP contribution >= 0.6 is 0 Å². The Bertz CT molecular complexity index is 384. The summed E-state index contributed by atoms with van der Waals surface area (Å²) < 4.78 is 0. The highest BCUT2D eigenvalue weighted by atomic mass is 16.1. The van der Waals surface area contributed by atoms with Gasteiger partial charge in [-0.1, -0.05) is 0 Å². The minimum Gasteiger partial charge on any atom is -0.383 e. The summed E-state index contributed by atoms with van der Waals surface area (Å²) in [7, 11) is 0. The summed E-state index contributed by atoms with van der Waals surface area (Å²) in [5.41, 5.74) is 5.83. The normalized spacial score (nSPS) is 18.9. The number of hydrogen-bond acceptors (Lipinski definition) is 5. The zero-order valence-corrected chi connectivity index (χ0v) is 8.91. The first-order valence-corrected chi connectivity index (χ1v) is 4.81. The van der Waals surface area contributed by atoms with Crippen LogP contribution in [0.2, 0.25) is 0 Å². The molecule has 1 unspecified atom stereocenters. The first-order valence-electron chi connectivity index (χ1n) is 4.81. The number of allylic oxidation sites excluding steroid dienone is 1. The third kappa shape index (κ3) is 2.47. The van der Waals surface area contributed by atoms with Crippen LogP contribution in [0.1, 0.15) is 6.92 Å². The van der Waals surface area contributed by atoms with Crippen LogP contribution in [0.5, 0.6) is 0 Å². The zero-order chi connectivity index (χ0) is 12.1. The number of rotatable bonds is 5. The number of carbonyl (C=O) groups excluding carboxylic acids is 2. The summed E-state index contributed by atoms with van der Waals surface area (Å²) in [6, 6.07) is -0.0975. The lowest BCUT2D eigenvalue weighted by Gasteiger charge is -2.24. The fourth-order valence-corrected chi connectivity index (χ4v) is 1.43. The minimum atomic E-state index is -0.792. The Kier molecular flexibility index (Phi) is 3.82. The van der Waals surface area contributed by atoms with Gasteiger partial charge in [0.05, 0.1) is 12.6 Å². The lowest BCUT2D eigenvalue weighted by atomic mass is 10.0. The Hall–Kier alpha value is -2.11. The first-order chi connectivity index (χ1) is 7.57. The number of nitrogens with two attached hydrogens (primary N) is 1. The van der Waals surface area contributed by atoms with Crippen molar-refractivity contribution in [3.05, 3.63) is 23.5 Å². The fraction of sp³-hybridized carbons (Fsp3) is 0.300. The van der Waals surface area contributed by atoms with Crippen molar-refractivity contribution in [2.45, 2.75) is 13.0 Å². The summed E-state index contributed by atoms with van der Waals surface area (Å²) in [4.78, 5) is 21.2. The molecule has 0 saturated carbocycles. The van der Waals surface area contributed by atoms with Gasteiger partial charge in [0.25, 0.3) is 5.91 Å². The van der Waals surface area contributed by atoms with Gasteiger partial charge in [-0.05, 0) is 19.2 Å². The van der Waals surface area contributed by atoms with E-state index in [1.54, 1.807) is 12.3 Å². The molecule has 0 aromatic carbocycles. The van der Waals surface area contributed by atoms with Gasteiger partial charge in [0.15, 0.2) is 0 Å². The predicted molar refractivity (Wildman–Crippen MR) is 59.8 cm³/mol. The lowest BCUT2D eigenvalue weighted by molar-refractivity contribution is -0.112. The average Bonchev–Trinajstić information content (AvgIpc) is 2.26. The van der Waals surface area contributed by atoms with Gasteiger partial charge < -0.3 is 21.2 Å². The molecule has 5 N–H and O–H groups in total. The van der Waals surface area contributed by atoms with Crippen molar-refractivity contribution in [3.63, 3.8) is 0 Å². The van der Waals surface area contributed by atoms with E-state index in [0.29, 0.717) is 17.6 Å². The zero-order valence-electron chi connectivity index (χ0n) is 8.91. The maximum Gasteiger partial charge on any atom is 0.267 e. The molecule has 1 aliphatic heterocycles. The minimum absolute atomic E-state index is 0.0975. The monoisotopic (exact) mass is 222 g/mol. The van der Waals surface area contributed by atoms with E-state index < -0.39 is 5.91 Å². The van der Waals surface area contributed by atoms with Crippen LogP contribution in [0.4, 0.5) is 0 Å². The van der Waals surface area contributed by atoms with E-state index in [1.807, 2.05) is 6.92 Å². The Morgan fingerprint density at radius 2 is 2.44 bits per heavy atom. The van der Waals surface area contributed by atoms with Gasteiger partial charge in [0, 0.05) is 11.3 Å². The number of carbonyl (C=O) groups is 2. The van der Waals surface area contributed by atoms with Crippen LogP contribution in [0.25, 0.3) is 0 Å². The molecular weight excluding hydrogens is 208 g/mol. The standard InChI is InChI=1S/C10H14N4O2/c1-6-9(14-4-5-15)7(2-3-13-6)8(11)10(12)16/h2-3,5-6,11,13-14H,4H2,1H3,(H2,12,16). The van der Waals surface area contributed by atoms with Crippen molar-refractivity contribution < 1.29 is 9.59 Å². The molecule has 6 nitrogen and oxygen atoms in total. The second-order valence-electron chi connectivity index (χ2n) is 3.34. The molecule has 1 aliphatic rings. The third-order valence-electron chi connectivity index (χ3n) is 2.21. The smallest absolute Gasteiger partial charge is 0.267 e. The van der Waals surface area contributed by atoms with Gasteiger partial charge in [0.1, 0.15) is 12.0 Å². The van der Waals surface area contributed by atoms with Crippen LogP contribution in [0.15, 0.2) is 23.5 Å². The third-order valence-corrected chi connectivity index (χ3v) is 2.21. The molecule has 0 fully saturated rings. The maximum absolute atomic E-state index is 10.9. The van der Waals surface area contributed by atoms with E-state index in [9.17, 15) is 9.59 Å². The Balaban J connectivity index is 3.03.